The number of carbonyl (C=O) groups excluding carboxylic acids is 1. The van der Waals surface area contributed by atoms with Crippen LogP contribution in [0.25, 0.3) is 0 Å². The van der Waals surface area contributed by atoms with Crippen LogP contribution >= 0.6 is 0 Å². The van der Waals surface area contributed by atoms with E-state index in [1.54, 1.807) is 6.92 Å². The Labute approximate surface area is 207 Å². The second-order valence-electron chi connectivity index (χ2n) is 12.6. The molecule has 1 saturated heterocycles. The lowest BCUT2D eigenvalue weighted by Crippen LogP contribution is -2.65. The normalized spacial score (nSPS) is 54.7. The van der Waals surface area contributed by atoms with E-state index in [2.05, 4.69) is 20.8 Å². The molecule has 4 bridgehead atoms. The highest BCUT2D eigenvalue weighted by Crippen LogP contribution is 2.84. The molecule has 0 amide bonds. The lowest BCUT2D eigenvalue weighted by atomic mass is 9.42. The first-order valence-corrected chi connectivity index (χ1v) is 13.4. The van der Waals surface area contributed by atoms with Crippen LogP contribution in [0.5, 0.6) is 0 Å². The zero-order chi connectivity index (χ0) is 25.5. The average molecular weight is 495 g/mol. The van der Waals surface area contributed by atoms with Crippen molar-refractivity contribution in [3.63, 3.8) is 0 Å². The monoisotopic (exact) mass is 494 g/mol. The molecule has 5 rings (SSSR count). The van der Waals surface area contributed by atoms with E-state index in [0.29, 0.717) is 12.3 Å². The Hall–Kier alpha value is -1.06. The third-order valence-corrected chi connectivity index (χ3v) is 11.3. The van der Waals surface area contributed by atoms with Crippen molar-refractivity contribution in [3.8, 4) is 0 Å². The van der Waals surface area contributed by atoms with Gasteiger partial charge in [-0.25, -0.2) is 0 Å². The molecular weight excluding hydrogens is 452 g/mol. The van der Waals surface area contributed by atoms with Crippen molar-refractivity contribution in [2.24, 2.45) is 51.8 Å². The lowest BCUT2D eigenvalue weighted by Gasteiger charge is -2.59. The van der Waals surface area contributed by atoms with Gasteiger partial charge in [-0.1, -0.05) is 27.2 Å². The Balaban J connectivity index is 1.56. The van der Waals surface area contributed by atoms with Crippen LogP contribution in [-0.2, 0) is 23.8 Å². The van der Waals surface area contributed by atoms with Gasteiger partial charge in [-0.05, 0) is 68.1 Å². The summed E-state index contributed by atoms with van der Waals surface area (Å²) in [5, 5.41) is 32.4. The molecule has 1 heterocycles. The predicted molar refractivity (Wildman–Crippen MR) is 125 cm³/mol. The first-order valence-electron chi connectivity index (χ1n) is 13.4. The van der Waals surface area contributed by atoms with Gasteiger partial charge in [0.25, 0.3) is 0 Å². The molecule has 5 aliphatic rings. The molecule has 0 aromatic heterocycles. The van der Waals surface area contributed by atoms with Crippen LogP contribution in [0.2, 0.25) is 0 Å². The van der Waals surface area contributed by atoms with Crippen molar-refractivity contribution in [2.45, 2.75) is 90.5 Å². The summed E-state index contributed by atoms with van der Waals surface area (Å²) in [4.78, 5) is 26.6. The van der Waals surface area contributed by atoms with Gasteiger partial charge in [0, 0.05) is 17.9 Å². The molecule has 0 aromatic rings. The van der Waals surface area contributed by atoms with Gasteiger partial charge in [0.2, 0.25) is 0 Å². The second kappa shape index (κ2) is 8.48. The Morgan fingerprint density at radius 1 is 1.17 bits per heavy atom. The van der Waals surface area contributed by atoms with E-state index >= 15 is 0 Å². The predicted octanol–water partition coefficient (Wildman–Crippen LogP) is 2.49. The van der Waals surface area contributed by atoms with Crippen LogP contribution in [0.15, 0.2) is 0 Å². The van der Waals surface area contributed by atoms with Crippen molar-refractivity contribution >= 4 is 12.3 Å². The minimum Gasteiger partial charge on any atom is -0.481 e. The first kappa shape index (κ1) is 25.6. The summed E-state index contributed by atoms with van der Waals surface area (Å²) in [5.41, 5.74) is -2.82. The number of methoxy groups -OCH3 is 1. The first-order chi connectivity index (χ1) is 16.5. The number of carboxylic acid groups (broad SMARTS) is 1. The SMILES string of the molecule is CO[C@H]1[C@@H](O)[C@H](O)[C@@H](OC[C@@]23C[C@@H]4[C@H](C)CC[C@H]4[C@@]4(C=O)C[C@@H]2C[C@@H](C(C)C)[C@@]34C(=O)O)O[C@@H]1C. The molecule has 0 unspecified atom stereocenters. The topological polar surface area (TPSA) is 123 Å². The lowest BCUT2D eigenvalue weighted by molar-refractivity contribution is -0.308. The van der Waals surface area contributed by atoms with Crippen LogP contribution < -0.4 is 0 Å². The van der Waals surface area contributed by atoms with Crippen LogP contribution in [0.4, 0.5) is 0 Å². The number of aliphatic carboxylic acids is 1. The largest absolute Gasteiger partial charge is 0.481 e. The van der Waals surface area contributed by atoms with E-state index in [1.165, 1.54) is 7.11 Å². The molecule has 0 spiro atoms. The summed E-state index contributed by atoms with van der Waals surface area (Å²) in [6.07, 6.45) is 0.273. The highest BCUT2D eigenvalue weighted by Gasteiger charge is 2.86. The van der Waals surface area contributed by atoms with Crippen molar-refractivity contribution in [1.82, 2.24) is 0 Å². The van der Waals surface area contributed by atoms with Crippen LogP contribution in [0, 0.1) is 51.8 Å². The molecule has 3 N–H and O–H groups in total. The van der Waals surface area contributed by atoms with Crippen molar-refractivity contribution in [3.05, 3.63) is 0 Å². The van der Waals surface area contributed by atoms with E-state index in [0.717, 1.165) is 32.0 Å². The van der Waals surface area contributed by atoms with Crippen molar-refractivity contribution in [1.29, 1.82) is 0 Å². The number of aliphatic hydroxyl groups is 2. The molecule has 4 saturated carbocycles. The minimum atomic E-state index is -1.31. The van der Waals surface area contributed by atoms with E-state index in [-0.39, 0.29) is 36.2 Å². The zero-order valence-electron chi connectivity index (χ0n) is 21.6. The fraction of sp³-hybridized carbons (Fsp3) is 0.926. The Bertz CT molecular complexity index is 862. The van der Waals surface area contributed by atoms with E-state index in [1.807, 2.05) is 0 Å². The quantitative estimate of drug-likeness (QED) is 0.462. The summed E-state index contributed by atoms with van der Waals surface area (Å²) in [5.74, 6) is -0.0130. The summed E-state index contributed by atoms with van der Waals surface area (Å²) in [7, 11) is 1.46. The molecule has 198 valence electrons. The molecule has 5 fully saturated rings. The number of carbonyl (C=O) groups is 2. The number of ether oxygens (including phenoxy) is 3. The number of aldehydes is 1. The van der Waals surface area contributed by atoms with E-state index < -0.39 is 52.9 Å². The zero-order valence-corrected chi connectivity index (χ0v) is 21.6. The van der Waals surface area contributed by atoms with Gasteiger partial charge in [-0.2, -0.15) is 0 Å². The summed E-state index contributed by atoms with van der Waals surface area (Å²) < 4.78 is 17.5. The number of fused-ring (bicyclic) bond motifs is 2. The van der Waals surface area contributed by atoms with E-state index in [9.17, 15) is 24.9 Å². The maximum atomic E-state index is 13.5. The molecule has 8 nitrogen and oxygen atoms in total. The molecule has 0 aromatic carbocycles. The van der Waals surface area contributed by atoms with Gasteiger partial charge >= 0.3 is 5.97 Å². The molecule has 13 atom stereocenters. The van der Waals surface area contributed by atoms with Gasteiger partial charge in [-0.15, -0.1) is 0 Å². The minimum absolute atomic E-state index is 0.0591. The van der Waals surface area contributed by atoms with Crippen molar-refractivity contribution < 1.29 is 39.1 Å². The number of carboxylic acids is 1. The smallest absolute Gasteiger partial charge is 0.311 e. The van der Waals surface area contributed by atoms with E-state index in [4.69, 9.17) is 14.2 Å². The van der Waals surface area contributed by atoms with Gasteiger partial charge in [-0.3, -0.25) is 4.79 Å². The van der Waals surface area contributed by atoms with Gasteiger partial charge < -0.3 is 34.3 Å². The molecule has 0 radical (unpaired) electrons. The molecule has 8 heteroatoms. The summed E-state index contributed by atoms with van der Waals surface area (Å²) in [6.45, 7) is 8.23. The van der Waals surface area contributed by atoms with Gasteiger partial charge in [0.1, 0.15) is 24.6 Å². The molecular formula is C27H42O8. The second-order valence-corrected chi connectivity index (χ2v) is 12.6. The average Bonchev–Trinajstić information content (AvgIpc) is 3.38. The van der Waals surface area contributed by atoms with Gasteiger partial charge in [0.05, 0.1) is 18.1 Å². The Morgan fingerprint density at radius 2 is 1.89 bits per heavy atom. The third kappa shape index (κ3) is 2.98. The number of hydrogen-bond donors (Lipinski definition) is 3. The van der Waals surface area contributed by atoms with Crippen molar-refractivity contribution in [2.75, 3.05) is 13.7 Å². The standard InChI is InChI=1S/C27H42O8/c1-13(2)19-8-16-9-25(11-28)18-7-6-14(3)17(18)10-26(16,27(19,25)24(31)32)12-34-23-21(30)20(29)22(33-5)15(4)35-23/h11,13-23,29-30H,6-10,12H2,1-5H3,(H,31,32)/t14-,15-,16+,17-,18-,19+,20+,21+,22-,23+,25+,26+,27+/m1/s1. The maximum absolute atomic E-state index is 13.5. The van der Waals surface area contributed by atoms with Crippen LogP contribution in [-0.4, -0.2) is 72.0 Å². The van der Waals surface area contributed by atoms with Gasteiger partial charge in [0.15, 0.2) is 6.29 Å². The molecule has 4 aliphatic carbocycles. The summed E-state index contributed by atoms with van der Waals surface area (Å²) >= 11 is 0. The Kier molecular flexibility index (Phi) is 6.20. The summed E-state index contributed by atoms with van der Waals surface area (Å²) in [6, 6.07) is 0. The molecule has 1 aliphatic heterocycles. The number of rotatable bonds is 7. The number of hydrogen-bond acceptors (Lipinski definition) is 7. The highest BCUT2D eigenvalue weighted by molar-refractivity contribution is 5.86. The third-order valence-electron chi connectivity index (χ3n) is 11.3. The Morgan fingerprint density at radius 3 is 2.49 bits per heavy atom. The molecule has 35 heavy (non-hydrogen) atoms. The maximum Gasteiger partial charge on any atom is 0.311 e. The van der Waals surface area contributed by atoms with Crippen LogP contribution in [0.3, 0.4) is 0 Å². The fourth-order valence-electron chi connectivity index (χ4n) is 10.1. The highest BCUT2D eigenvalue weighted by atomic mass is 16.7. The van der Waals surface area contributed by atoms with Crippen LogP contribution in [0.1, 0.15) is 59.8 Å². The fourth-order valence-corrected chi connectivity index (χ4v) is 10.1. The number of aliphatic hydroxyl groups excluding tert-OH is 2.